The average molecular weight is 273 g/mol. The van der Waals surface area contributed by atoms with Crippen LogP contribution in [0.3, 0.4) is 0 Å². The van der Waals surface area contributed by atoms with E-state index in [1.807, 2.05) is 13.0 Å². The van der Waals surface area contributed by atoms with Gasteiger partial charge in [-0.3, -0.25) is 4.79 Å². The molecule has 1 aromatic heterocycles. The molecule has 106 valence electrons. The number of aryl methyl sites for hydroxylation is 2. The fourth-order valence-corrected chi connectivity index (χ4v) is 2.53. The van der Waals surface area contributed by atoms with Gasteiger partial charge < -0.3 is 10.4 Å². The van der Waals surface area contributed by atoms with Gasteiger partial charge in [-0.25, -0.2) is 4.98 Å². The Kier molecular flexibility index (Phi) is 4.57. The highest BCUT2D eigenvalue weighted by atomic mass is 16.4. The SMILES string of the molecule is CC(CCCC(=O)O)Nc1nc2c(cc1C#N)CCC2. The maximum Gasteiger partial charge on any atom is 0.303 e. The second-order valence-electron chi connectivity index (χ2n) is 5.29. The molecular formula is C15H19N3O2. The van der Waals surface area contributed by atoms with Crippen LogP contribution >= 0.6 is 0 Å². The summed E-state index contributed by atoms with van der Waals surface area (Å²) in [4.78, 5) is 15.0. The van der Waals surface area contributed by atoms with E-state index in [0.29, 0.717) is 17.8 Å². The Balaban J connectivity index is 2.01. The van der Waals surface area contributed by atoms with E-state index in [9.17, 15) is 10.1 Å². The van der Waals surface area contributed by atoms with Crippen LogP contribution in [0.4, 0.5) is 5.82 Å². The quantitative estimate of drug-likeness (QED) is 0.831. The van der Waals surface area contributed by atoms with Gasteiger partial charge in [0.15, 0.2) is 0 Å². The van der Waals surface area contributed by atoms with Crippen molar-refractivity contribution < 1.29 is 9.90 Å². The maximum absolute atomic E-state index is 10.5. The molecule has 0 fully saturated rings. The first kappa shape index (κ1) is 14.3. The molecule has 0 spiro atoms. The Hall–Kier alpha value is -2.09. The number of fused-ring (bicyclic) bond motifs is 1. The molecule has 0 bridgehead atoms. The van der Waals surface area contributed by atoms with Gasteiger partial charge in [0.25, 0.3) is 0 Å². The van der Waals surface area contributed by atoms with Crippen LogP contribution in [0, 0.1) is 11.3 Å². The van der Waals surface area contributed by atoms with Crippen molar-refractivity contribution in [2.45, 2.75) is 51.5 Å². The van der Waals surface area contributed by atoms with Gasteiger partial charge in [-0.1, -0.05) is 0 Å². The number of hydrogen-bond acceptors (Lipinski definition) is 4. The second-order valence-corrected chi connectivity index (χ2v) is 5.29. The third-order valence-corrected chi connectivity index (χ3v) is 3.58. The highest BCUT2D eigenvalue weighted by molar-refractivity contribution is 5.66. The fraction of sp³-hybridized carbons (Fsp3) is 0.533. The number of nitriles is 1. The maximum atomic E-state index is 10.5. The predicted molar refractivity (Wildman–Crippen MR) is 75.5 cm³/mol. The molecule has 2 rings (SSSR count). The van der Waals surface area contributed by atoms with Crippen molar-refractivity contribution in [2.24, 2.45) is 0 Å². The number of nitrogens with one attached hydrogen (secondary N) is 1. The molecule has 1 atom stereocenters. The van der Waals surface area contributed by atoms with Crippen molar-refractivity contribution in [1.82, 2.24) is 4.98 Å². The molecule has 0 saturated heterocycles. The summed E-state index contributed by atoms with van der Waals surface area (Å²) in [6.07, 6.45) is 4.63. The molecule has 20 heavy (non-hydrogen) atoms. The number of rotatable bonds is 6. The average Bonchev–Trinajstić information content (AvgIpc) is 2.84. The lowest BCUT2D eigenvalue weighted by molar-refractivity contribution is -0.137. The van der Waals surface area contributed by atoms with E-state index in [0.717, 1.165) is 31.4 Å². The van der Waals surface area contributed by atoms with Crippen molar-refractivity contribution in [1.29, 1.82) is 5.26 Å². The molecule has 5 nitrogen and oxygen atoms in total. The first-order valence-corrected chi connectivity index (χ1v) is 7.01. The molecule has 0 aromatic carbocycles. The first-order valence-electron chi connectivity index (χ1n) is 7.01. The largest absolute Gasteiger partial charge is 0.481 e. The molecule has 1 aliphatic carbocycles. The van der Waals surface area contributed by atoms with E-state index in [1.54, 1.807) is 0 Å². The molecule has 0 saturated carbocycles. The number of carboxylic acid groups (broad SMARTS) is 1. The molecule has 0 aliphatic heterocycles. The van der Waals surface area contributed by atoms with Gasteiger partial charge in [-0.05, 0) is 50.7 Å². The van der Waals surface area contributed by atoms with Gasteiger partial charge >= 0.3 is 5.97 Å². The molecular weight excluding hydrogens is 254 g/mol. The van der Waals surface area contributed by atoms with Crippen LogP contribution < -0.4 is 5.32 Å². The summed E-state index contributed by atoms with van der Waals surface area (Å²) >= 11 is 0. The Labute approximate surface area is 118 Å². The van der Waals surface area contributed by atoms with E-state index >= 15 is 0 Å². The highest BCUT2D eigenvalue weighted by Crippen LogP contribution is 2.25. The van der Waals surface area contributed by atoms with Crippen molar-refractivity contribution in [3.8, 4) is 6.07 Å². The van der Waals surface area contributed by atoms with Gasteiger partial charge in [-0.2, -0.15) is 5.26 Å². The Morgan fingerprint density at radius 1 is 1.60 bits per heavy atom. The summed E-state index contributed by atoms with van der Waals surface area (Å²) in [5, 5.41) is 21.1. The molecule has 0 radical (unpaired) electrons. The Morgan fingerprint density at radius 2 is 2.40 bits per heavy atom. The number of carbonyl (C=O) groups is 1. The molecule has 2 N–H and O–H groups in total. The fourth-order valence-electron chi connectivity index (χ4n) is 2.53. The van der Waals surface area contributed by atoms with E-state index in [4.69, 9.17) is 5.11 Å². The number of carboxylic acids is 1. The van der Waals surface area contributed by atoms with Crippen LogP contribution in [-0.4, -0.2) is 22.1 Å². The third kappa shape index (κ3) is 3.47. The minimum absolute atomic E-state index is 0.105. The number of aliphatic carboxylic acids is 1. The van der Waals surface area contributed by atoms with E-state index < -0.39 is 5.97 Å². The topological polar surface area (TPSA) is 86.0 Å². The molecule has 1 heterocycles. The van der Waals surface area contributed by atoms with E-state index in [1.165, 1.54) is 5.56 Å². The lowest BCUT2D eigenvalue weighted by atomic mass is 10.1. The summed E-state index contributed by atoms with van der Waals surface area (Å²) in [5.74, 6) is -0.137. The Morgan fingerprint density at radius 3 is 3.10 bits per heavy atom. The number of aromatic nitrogens is 1. The lowest BCUT2D eigenvalue weighted by Crippen LogP contribution is -2.18. The monoisotopic (exact) mass is 273 g/mol. The van der Waals surface area contributed by atoms with Crippen molar-refractivity contribution >= 4 is 11.8 Å². The lowest BCUT2D eigenvalue weighted by Gasteiger charge is -2.16. The summed E-state index contributed by atoms with van der Waals surface area (Å²) < 4.78 is 0. The van der Waals surface area contributed by atoms with Crippen molar-refractivity contribution in [2.75, 3.05) is 5.32 Å². The minimum atomic E-state index is -0.773. The van der Waals surface area contributed by atoms with Gasteiger partial charge in [0.05, 0.1) is 5.56 Å². The second kappa shape index (κ2) is 6.38. The van der Waals surface area contributed by atoms with Gasteiger partial charge in [0, 0.05) is 18.2 Å². The standard InChI is InChI=1S/C15H19N3O2/c1-10(4-2-7-14(19)20)17-15-12(9-16)8-11-5-3-6-13(11)18-15/h8,10H,2-7H2,1H3,(H,17,18)(H,19,20). The molecule has 5 heteroatoms. The molecule has 1 aliphatic rings. The summed E-state index contributed by atoms with van der Waals surface area (Å²) in [6.45, 7) is 1.98. The Bertz CT molecular complexity index is 549. The van der Waals surface area contributed by atoms with E-state index in [-0.39, 0.29) is 12.5 Å². The zero-order valence-corrected chi connectivity index (χ0v) is 11.6. The highest BCUT2D eigenvalue weighted by Gasteiger charge is 2.17. The smallest absolute Gasteiger partial charge is 0.303 e. The van der Waals surface area contributed by atoms with Gasteiger partial charge in [0.2, 0.25) is 0 Å². The van der Waals surface area contributed by atoms with Gasteiger partial charge in [-0.15, -0.1) is 0 Å². The molecule has 1 unspecified atom stereocenters. The normalized spacial score (nSPS) is 14.4. The molecule has 0 amide bonds. The number of anilines is 1. The van der Waals surface area contributed by atoms with Crippen molar-refractivity contribution in [3.63, 3.8) is 0 Å². The third-order valence-electron chi connectivity index (χ3n) is 3.58. The number of hydrogen-bond donors (Lipinski definition) is 2. The van der Waals surface area contributed by atoms with Crippen LogP contribution in [0.15, 0.2) is 6.07 Å². The molecule has 1 aromatic rings. The zero-order chi connectivity index (χ0) is 14.5. The summed E-state index contributed by atoms with van der Waals surface area (Å²) in [7, 11) is 0. The van der Waals surface area contributed by atoms with Gasteiger partial charge in [0.1, 0.15) is 11.9 Å². The number of pyridine rings is 1. The first-order chi connectivity index (χ1) is 9.60. The van der Waals surface area contributed by atoms with Crippen LogP contribution in [0.2, 0.25) is 0 Å². The zero-order valence-electron chi connectivity index (χ0n) is 11.6. The minimum Gasteiger partial charge on any atom is -0.481 e. The summed E-state index contributed by atoms with van der Waals surface area (Å²) in [5.41, 5.74) is 2.85. The van der Waals surface area contributed by atoms with E-state index in [2.05, 4.69) is 16.4 Å². The van der Waals surface area contributed by atoms with Crippen LogP contribution in [0.5, 0.6) is 0 Å². The van der Waals surface area contributed by atoms with Crippen molar-refractivity contribution in [3.05, 3.63) is 22.9 Å². The predicted octanol–water partition coefficient (Wildman–Crippen LogP) is 2.50. The summed E-state index contributed by atoms with van der Waals surface area (Å²) in [6, 6.07) is 4.22. The number of nitrogens with zero attached hydrogens (tertiary/aromatic N) is 2. The van der Waals surface area contributed by atoms with Crippen LogP contribution in [-0.2, 0) is 17.6 Å². The van der Waals surface area contributed by atoms with Crippen LogP contribution in [0.1, 0.15) is 49.4 Å². The van der Waals surface area contributed by atoms with Crippen LogP contribution in [0.25, 0.3) is 0 Å².